The minimum absolute atomic E-state index is 0.141. The first kappa shape index (κ1) is 29.8. The minimum atomic E-state index is 0.141. The summed E-state index contributed by atoms with van der Waals surface area (Å²) in [5.41, 5.74) is 17.8. The van der Waals surface area contributed by atoms with E-state index in [-0.39, 0.29) is 10.8 Å². The van der Waals surface area contributed by atoms with Crippen LogP contribution in [0.3, 0.4) is 0 Å². The summed E-state index contributed by atoms with van der Waals surface area (Å²) in [7, 11) is 0. The maximum atomic E-state index is 2.61. The smallest absolute Gasteiger partial charge is 0.0465 e. The van der Waals surface area contributed by atoms with Gasteiger partial charge >= 0.3 is 0 Å². The van der Waals surface area contributed by atoms with Gasteiger partial charge in [-0.2, -0.15) is 0 Å². The van der Waals surface area contributed by atoms with Crippen molar-refractivity contribution in [3.63, 3.8) is 0 Å². The zero-order chi connectivity index (χ0) is 32.4. The molecule has 0 aromatic heterocycles. The van der Waals surface area contributed by atoms with Crippen LogP contribution in [0.5, 0.6) is 0 Å². The second-order valence-electron chi connectivity index (χ2n) is 16.1. The van der Waals surface area contributed by atoms with Crippen molar-refractivity contribution in [2.24, 2.45) is 0 Å². The fourth-order valence-electron chi connectivity index (χ4n) is 11.3. The van der Waals surface area contributed by atoms with Crippen LogP contribution >= 0.6 is 0 Å². The highest BCUT2D eigenvalue weighted by Crippen LogP contribution is 2.59. The highest BCUT2D eigenvalue weighted by atomic mass is 15.1. The molecule has 246 valence electrons. The average Bonchev–Trinajstić information content (AvgIpc) is 3.59. The van der Waals surface area contributed by atoms with E-state index in [1.165, 1.54) is 141 Å². The molecule has 0 radical (unpaired) electrons. The summed E-state index contributed by atoms with van der Waals surface area (Å²) in [6.45, 7) is 0. The average molecular weight is 640 g/mol. The van der Waals surface area contributed by atoms with Crippen molar-refractivity contribution < 1.29 is 0 Å². The van der Waals surface area contributed by atoms with Crippen LogP contribution in [0, 0.1) is 0 Å². The van der Waals surface area contributed by atoms with E-state index in [1.54, 1.807) is 22.3 Å². The van der Waals surface area contributed by atoms with Gasteiger partial charge in [-0.15, -0.1) is 0 Å². The molecular weight excluding hydrogens is 591 g/mol. The fourth-order valence-corrected chi connectivity index (χ4v) is 11.3. The molecule has 3 saturated carbocycles. The first-order valence-electron chi connectivity index (χ1n) is 19.6. The largest absolute Gasteiger partial charge is 0.310 e. The van der Waals surface area contributed by atoms with E-state index in [2.05, 4.69) is 114 Å². The van der Waals surface area contributed by atoms with E-state index in [0.29, 0.717) is 5.92 Å². The summed E-state index contributed by atoms with van der Waals surface area (Å²) < 4.78 is 0. The van der Waals surface area contributed by atoms with Gasteiger partial charge in [0.1, 0.15) is 0 Å². The first-order chi connectivity index (χ1) is 24.3. The molecule has 0 unspecified atom stereocenters. The lowest BCUT2D eigenvalue weighted by atomic mass is 9.67. The number of fused-ring (bicyclic) bond motifs is 10. The van der Waals surface area contributed by atoms with Crippen LogP contribution in [0.1, 0.15) is 130 Å². The molecule has 0 atom stereocenters. The molecule has 0 saturated heterocycles. The first-order valence-corrected chi connectivity index (χ1v) is 19.6. The van der Waals surface area contributed by atoms with Crippen molar-refractivity contribution in [1.29, 1.82) is 0 Å². The standard InChI is InChI=1S/C48H49N/c1-4-14-34(15-5-1)35-20-22-36(23-21-35)49(37-24-26-41-39-16-6-8-18-43(39)47(45(41)32-37)28-10-2-11-29-47)38-25-27-42-40-17-7-9-19-44(40)48(46(42)33-38)30-12-3-13-31-48/h6-9,16-27,32-34H,1-5,10-15,28-31H2. The molecule has 5 aliphatic carbocycles. The molecular formula is C48H49N. The second kappa shape index (κ2) is 11.8. The summed E-state index contributed by atoms with van der Waals surface area (Å²) in [5, 5.41) is 0. The Hall–Kier alpha value is -4.10. The summed E-state index contributed by atoms with van der Waals surface area (Å²) in [6, 6.07) is 43.4. The molecule has 2 spiro atoms. The third-order valence-electron chi connectivity index (χ3n) is 13.7. The molecule has 49 heavy (non-hydrogen) atoms. The lowest BCUT2D eigenvalue weighted by Crippen LogP contribution is -2.28. The predicted octanol–water partition coefficient (Wildman–Crippen LogP) is 13.7. The molecule has 0 N–H and O–H groups in total. The maximum Gasteiger partial charge on any atom is 0.0465 e. The fraction of sp³-hybridized carbons (Fsp3) is 0.375. The molecule has 10 rings (SSSR count). The van der Waals surface area contributed by atoms with Gasteiger partial charge in [0.25, 0.3) is 0 Å². The SMILES string of the molecule is c1ccc2c(c1)-c1ccc(N(c3ccc(C4CCCCC4)cc3)c3ccc4c(c3)C3(CCCCC3)c3ccccc3-4)cc1C21CCCCC1. The Balaban J connectivity index is 1.14. The van der Waals surface area contributed by atoms with Gasteiger partial charge in [0.15, 0.2) is 0 Å². The summed E-state index contributed by atoms with van der Waals surface area (Å²) in [4.78, 5) is 2.60. The Morgan fingerprint density at radius 3 is 1.33 bits per heavy atom. The third-order valence-corrected chi connectivity index (χ3v) is 13.7. The zero-order valence-corrected chi connectivity index (χ0v) is 29.0. The molecule has 1 nitrogen and oxygen atoms in total. The Morgan fingerprint density at radius 2 is 0.816 bits per heavy atom. The number of nitrogens with zero attached hydrogens (tertiary/aromatic N) is 1. The summed E-state index contributed by atoms with van der Waals surface area (Å²) >= 11 is 0. The zero-order valence-electron chi connectivity index (χ0n) is 29.0. The van der Waals surface area contributed by atoms with Crippen molar-refractivity contribution >= 4 is 17.1 Å². The molecule has 5 aromatic carbocycles. The number of hydrogen-bond donors (Lipinski definition) is 0. The van der Waals surface area contributed by atoms with E-state index in [4.69, 9.17) is 0 Å². The van der Waals surface area contributed by atoms with Crippen molar-refractivity contribution in [2.75, 3.05) is 4.90 Å². The van der Waals surface area contributed by atoms with Gasteiger partial charge in [-0.1, -0.05) is 131 Å². The number of hydrogen-bond acceptors (Lipinski definition) is 1. The monoisotopic (exact) mass is 639 g/mol. The van der Waals surface area contributed by atoms with Crippen molar-refractivity contribution in [3.8, 4) is 22.3 Å². The Bertz CT molecular complexity index is 1900. The maximum absolute atomic E-state index is 2.61. The lowest BCUT2D eigenvalue weighted by molar-refractivity contribution is 0.353. The topological polar surface area (TPSA) is 3.24 Å². The molecule has 1 heteroatoms. The van der Waals surface area contributed by atoms with Gasteiger partial charge in [0, 0.05) is 27.9 Å². The van der Waals surface area contributed by atoms with E-state index < -0.39 is 0 Å². The Morgan fingerprint density at radius 1 is 0.388 bits per heavy atom. The summed E-state index contributed by atoms with van der Waals surface area (Å²) in [5.74, 6) is 0.713. The van der Waals surface area contributed by atoms with E-state index in [0.717, 1.165) is 0 Å². The van der Waals surface area contributed by atoms with Gasteiger partial charge in [-0.25, -0.2) is 0 Å². The molecule has 0 amide bonds. The van der Waals surface area contributed by atoms with Crippen LogP contribution in [0.25, 0.3) is 22.3 Å². The molecule has 5 aromatic rings. The minimum Gasteiger partial charge on any atom is -0.310 e. The van der Waals surface area contributed by atoms with Crippen LogP contribution in [0.15, 0.2) is 109 Å². The van der Waals surface area contributed by atoms with Gasteiger partial charge in [-0.3, -0.25) is 0 Å². The number of anilines is 3. The number of benzene rings is 5. The summed E-state index contributed by atoms with van der Waals surface area (Å²) in [6.07, 6.45) is 19.8. The van der Waals surface area contributed by atoms with E-state index in [1.807, 2.05) is 0 Å². The highest BCUT2D eigenvalue weighted by Gasteiger charge is 2.45. The second-order valence-corrected chi connectivity index (χ2v) is 16.1. The molecule has 5 aliphatic rings. The van der Waals surface area contributed by atoms with Crippen LogP contribution < -0.4 is 4.90 Å². The highest BCUT2D eigenvalue weighted by molar-refractivity contribution is 5.88. The van der Waals surface area contributed by atoms with Crippen molar-refractivity contribution in [2.45, 2.75) is 113 Å². The Labute approximate surface area is 293 Å². The van der Waals surface area contributed by atoms with Crippen molar-refractivity contribution in [3.05, 3.63) is 137 Å². The molecule has 0 aliphatic heterocycles. The van der Waals surface area contributed by atoms with Crippen LogP contribution in [0.4, 0.5) is 17.1 Å². The van der Waals surface area contributed by atoms with Crippen LogP contribution in [0.2, 0.25) is 0 Å². The van der Waals surface area contributed by atoms with E-state index >= 15 is 0 Å². The normalized spacial score (nSPS) is 20.1. The Kier molecular flexibility index (Phi) is 7.15. The van der Waals surface area contributed by atoms with E-state index in [9.17, 15) is 0 Å². The van der Waals surface area contributed by atoms with Gasteiger partial charge in [-0.05, 0) is 131 Å². The number of rotatable bonds is 4. The molecule has 0 bridgehead atoms. The molecule has 3 fully saturated rings. The van der Waals surface area contributed by atoms with Crippen LogP contribution in [-0.2, 0) is 10.8 Å². The van der Waals surface area contributed by atoms with Crippen LogP contribution in [-0.4, -0.2) is 0 Å². The lowest BCUT2D eigenvalue weighted by Gasteiger charge is -2.37. The van der Waals surface area contributed by atoms with Gasteiger partial charge < -0.3 is 4.90 Å². The molecule has 0 heterocycles. The quantitative estimate of drug-likeness (QED) is 0.189. The third kappa shape index (κ3) is 4.57. The predicted molar refractivity (Wildman–Crippen MR) is 206 cm³/mol. The van der Waals surface area contributed by atoms with Crippen molar-refractivity contribution in [1.82, 2.24) is 0 Å². The van der Waals surface area contributed by atoms with Gasteiger partial charge in [0.2, 0.25) is 0 Å². The van der Waals surface area contributed by atoms with Gasteiger partial charge in [0.05, 0.1) is 0 Å².